The van der Waals surface area contributed by atoms with Crippen LogP contribution in [0.25, 0.3) is 0 Å². The van der Waals surface area contributed by atoms with Gasteiger partial charge in [0.25, 0.3) is 0 Å². The molecule has 0 spiro atoms. The van der Waals surface area contributed by atoms with Gasteiger partial charge < -0.3 is 5.32 Å². The molecule has 0 bridgehead atoms. The van der Waals surface area contributed by atoms with Crippen LogP contribution in [0.15, 0.2) is 42.5 Å². The van der Waals surface area contributed by atoms with Crippen molar-refractivity contribution in [2.45, 2.75) is 27.2 Å². The number of rotatable bonds is 7. The van der Waals surface area contributed by atoms with E-state index in [0.29, 0.717) is 5.69 Å². The SMILES string of the molecule is Cc1cccc(CC(=O)NCCN(c2ccc(C)c(C)c2)S(C)(=O)=O)c1. The lowest BCUT2D eigenvalue weighted by molar-refractivity contribution is -0.120. The van der Waals surface area contributed by atoms with E-state index in [0.717, 1.165) is 22.3 Å². The Labute approximate surface area is 156 Å². The molecular formula is C20H26N2O3S. The number of aryl methyl sites for hydroxylation is 3. The predicted octanol–water partition coefficient (Wildman–Crippen LogP) is 2.74. The summed E-state index contributed by atoms with van der Waals surface area (Å²) in [5.41, 5.74) is 4.79. The van der Waals surface area contributed by atoms with Crippen LogP contribution in [0.5, 0.6) is 0 Å². The number of nitrogens with one attached hydrogen (secondary N) is 1. The Morgan fingerprint density at radius 3 is 2.38 bits per heavy atom. The number of amides is 1. The monoisotopic (exact) mass is 374 g/mol. The van der Waals surface area contributed by atoms with Crippen molar-refractivity contribution in [2.75, 3.05) is 23.7 Å². The topological polar surface area (TPSA) is 66.5 Å². The number of sulfonamides is 1. The number of hydrogen-bond donors (Lipinski definition) is 1. The predicted molar refractivity (Wildman–Crippen MR) is 106 cm³/mol. The summed E-state index contributed by atoms with van der Waals surface area (Å²) in [6, 6.07) is 13.3. The van der Waals surface area contributed by atoms with Crippen LogP contribution in [-0.2, 0) is 21.2 Å². The van der Waals surface area contributed by atoms with Gasteiger partial charge in [0.15, 0.2) is 0 Å². The molecular weight excluding hydrogens is 348 g/mol. The molecule has 2 aromatic rings. The van der Waals surface area contributed by atoms with Crippen molar-refractivity contribution in [1.29, 1.82) is 0 Å². The largest absolute Gasteiger partial charge is 0.354 e. The van der Waals surface area contributed by atoms with Gasteiger partial charge >= 0.3 is 0 Å². The summed E-state index contributed by atoms with van der Waals surface area (Å²) in [5, 5.41) is 2.80. The van der Waals surface area contributed by atoms with E-state index in [1.165, 1.54) is 10.6 Å². The normalized spacial score (nSPS) is 11.2. The molecule has 0 fully saturated rings. The molecule has 0 aliphatic heterocycles. The van der Waals surface area contributed by atoms with Crippen molar-refractivity contribution in [2.24, 2.45) is 0 Å². The Hall–Kier alpha value is -2.34. The summed E-state index contributed by atoms with van der Waals surface area (Å²) in [5.74, 6) is -0.121. The summed E-state index contributed by atoms with van der Waals surface area (Å²) in [6.07, 6.45) is 1.46. The Kier molecular flexibility index (Phi) is 6.42. The standard InChI is InChI=1S/C20H26N2O3S/c1-15-6-5-7-18(12-15)14-20(23)21-10-11-22(26(4,24)25)19-9-8-16(2)17(3)13-19/h5-9,12-13H,10-11,14H2,1-4H3,(H,21,23). The van der Waals surface area contributed by atoms with E-state index in [9.17, 15) is 13.2 Å². The average molecular weight is 375 g/mol. The van der Waals surface area contributed by atoms with Crippen LogP contribution >= 0.6 is 0 Å². The third kappa shape index (κ3) is 5.59. The quantitative estimate of drug-likeness (QED) is 0.810. The second kappa shape index (κ2) is 8.36. The number of carbonyl (C=O) groups excluding carboxylic acids is 1. The van der Waals surface area contributed by atoms with Gasteiger partial charge in [0.05, 0.1) is 24.9 Å². The van der Waals surface area contributed by atoms with Crippen molar-refractivity contribution in [1.82, 2.24) is 5.32 Å². The van der Waals surface area contributed by atoms with E-state index in [-0.39, 0.29) is 25.4 Å². The van der Waals surface area contributed by atoms with Crippen LogP contribution in [-0.4, -0.2) is 33.7 Å². The first-order chi connectivity index (χ1) is 12.2. The zero-order valence-corrected chi connectivity index (χ0v) is 16.6. The summed E-state index contributed by atoms with van der Waals surface area (Å²) in [6.45, 7) is 6.36. The second-order valence-corrected chi connectivity index (χ2v) is 8.53. The van der Waals surface area contributed by atoms with Crippen LogP contribution in [0.3, 0.4) is 0 Å². The fourth-order valence-electron chi connectivity index (χ4n) is 2.73. The molecule has 1 amide bonds. The zero-order chi connectivity index (χ0) is 19.3. The van der Waals surface area contributed by atoms with Gasteiger partial charge in [-0.3, -0.25) is 9.10 Å². The average Bonchev–Trinajstić information content (AvgIpc) is 2.53. The lowest BCUT2D eigenvalue weighted by Crippen LogP contribution is -2.38. The fraction of sp³-hybridized carbons (Fsp3) is 0.350. The van der Waals surface area contributed by atoms with Crippen LogP contribution in [0.4, 0.5) is 5.69 Å². The van der Waals surface area contributed by atoms with Gasteiger partial charge in [0.2, 0.25) is 15.9 Å². The van der Waals surface area contributed by atoms with Gasteiger partial charge in [-0.25, -0.2) is 8.42 Å². The van der Waals surface area contributed by atoms with E-state index < -0.39 is 10.0 Å². The highest BCUT2D eigenvalue weighted by molar-refractivity contribution is 7.92. The molecule has 0 aliphatic rings. The molecule has 0 aliphatic carbocycles. The first-order valence-electron chi connectivity index (χ1n) is 8.54. The molecule has 0 saturated heterocycles. The van der Waals surface area contributed by atoms with Gasteiger partial charge in [-0.1, -0.05) is 35.9 Å². The molecule has 0 saturated carbocycles. The maximum Gasteiger partial charge on any atom is 0.232 e. The van der Waals surface area contributed by atoms with Gasteiger partial charge in [0.1, 0.15) is 0 Å². The molecule has 2 aromatic carbocycles. The molecule has 0 radical (unpaired) electrons. The minimum absolute atomic E-state index is 0.121. The molecule has 6 heteroatoms. The van der Waals surface area contributed by atoms with Crippen LogP contribution < -0.4 is 9.62 Å². The third-order valence-electron chi connectivity index (χ3n) is 4.26. The van der Waals surface area contributed by atoms with Crippen molar-refractivity contribution < 1.29 is 13.2 Å². The fourth-order valence-corrected chi connectivity index (χ4v) is 3.65. The van der Waals surface area contributed by atoms with Crippen molar-refractivity contribution >= 4 is 21.6 Å². The highest BCUT2D eigenvalue weighted by Crippen LogP contribution is 2.20. The van der Waals surface area contributed by atoms with Gasteiger partial charge in [-0.2, -0.15) is 0 Å². The molecule has 0 aromatic heterocycles. The Morgan fingerprint density at radius 2 is 1.77 bits per heavy atom. The van der Waals surface area contributed by atoms with Crippen molar-refractivity contribution in [3.8, 4) is 0 Å². The van der Waals surface area contributed by atoms with E-state index in [2.05, 4.69) is 5.32 Å². The van der Waals surface area contributed by atoms with Gasteiger partial charge in [-0.15, -0.1) is 0 Å². The van der Waals surface area contributed by atoms with E-state index in [1.54, 1.807) is 6.07 Å². The lowest BCUT2D eigenvalue weighted by atomic mass is 10.1. The molecule has 0 atom stereocenters. The highest BCUT2D eigenvalue weighted by Gasteiger charge is 2.18. The Balaban J connectivity index is 1.99. The number of carbonyl (C=O) groups is 1. The van der Waals surface area contributed by atoms with Gasteiger partial charge in [0, 0.05) is 6.54 Å². The number of anilines is 1. The minimum atomic E-state index is -3.43. The second-order valence-electron chi connectivity index (χ2n) is 6.62. The third-order valence-corrected chi connectivity index (χ3v) is 5.46. The Morgan fingerprint density at radius 1 is 1.04 bits per heavy atom. The Bertz CT molecular complexity index is 892. The molecule has 140 valence electrons. The van der Waals surface area contributed by atoms with Crippen LogP contribution in [0, 0.1) is 20.8 Å². The number of hydrogen-bond acceptors (Lipinski definition) is 3. The van der Waals surface area contributed by atoms with Crippen LogP contribution in [0.1, 0.15) is 22.3 Å². The summed E-state index contributed by atoms with van der Waals surface area (Å²) < 4.78 is 25.6. The van der Waals surface area contributed by atoms with Crippen molar-refractivity contribution in [3.05, 3.63) is 64.7 Å². The summed E-state index contributed by atoms with van der Waals surface area (Å²) in [7, 11) is -3.43. The summed E-state index contributed by atoms with van der Waals surface area (Å²) >= 11 is 0. The molecule has 0 heterocycles. The first-order valence-corrected chi connectivity index (χ1v) is 10.4. The lowest BCUT2D eigenvalue weighted by Gasteiger charge is -2.23. The summed E-state index contributed by atoms with van der Waals surface area (Å²) in [4.78, 5) is 12.1. The molecule has 26 heavy (non-hydrogen) atoms. The van der Waals surface area contributed by atoms with Crippen LogP contribution in [0.2, 0.25) is 0 Å². The highest BCUT2D eigenvalue weighted by atomic mass is 32.2. The van der Waals surface area contributed by atoms with E-state index in [4.69, 9.17) is 0 Å². The first kappa shape index (κ1) is 20.0. The van der Waals surface area contributed by atoms with E-state index >= 15 is 0 Å². The maximum atomic E-state index is 12.1. The molecule has 0 unspecified atom stereocenters. The number of nitrogens with zero attached hydrogens (tertiary/aromatic N) is 1. The van der Waals surface area contributed by atoms with Gasteiger partial charge in [-0.05, 0) is 49.6 Å². The molecule has 5 nitrogen and oxygen atoms in total. The molecule has 2 rings (SSSR count). The van der Waals surface area contributed by atoms with Crippen molar-refractivity contribution in [3.63, 3.8) is 0 Å². The molecule has 1 N–H and O–H groups in total. The minimum Gasteiger partial charge on any atom is -0.354 e. The van der Waals surface area contributed by atoms with E-state index in [1.807, 2.05) is 57.2 Å². The number of benzene rings is 2. The smallest absolute Gasteiger partial charge is 0.232 e. The zero-order valence-electron chi connectivity index (χ0n) is 15.7. The maximum absolute atomic E-state index is 12.1.